The normalized spacial score (nSPS) is 14.9. The first kappa shape index (κ1) is 20.0. The number of amides is 1. The molecule has 5 nitrogen and oxygen atoms in total. The fourth-order valence-electron chi connectivity index (χ4n) is 3.23. The molecule has 1 aliphatic rings. The van der Waals surface area contributed by atoms with E-state index in [0.29, 0.717) is 44.8 Å². The Kier molecular flexibility index (Phi) is 6.06. The monoisotopic (exact) mass is 393 g/mol. The van der Waals surface area contributed by atoms with Gasteiger partial charge in [-0.25, -0.2) is 4.98 Å². The van der Waals surface area contributed by atoms with Crippen LogP contribution in [0.1, 0.15) is 17.5 Å². The van der Waals surface area contributed by atoms with E-state index in [0.717, 1.165) is 23.6 Å². The third-order valence-corrected chi connectivity index (χ3v) is 4.83. The van der Waals surface area contributed by atoms with E-state index in [9.17, 15) is 18.0 Å². The summed E-state index contributed by atoms with van der Waals surface area (Å²) in [6.07, 6.45) is -2.55. The Bertz CT molecular complexity index is 801. The fraction of sp³-hybridized carbons (Fsp3) is 0.400. The Morgan fingerprint density at radius 3 is 2.43 bits per heavy atom. The first-order valence-corrected chi connectivity index (χ1v) is 9.06. The SMILES string of the molecule is COc1ccccc1CCC(=O)N1CCN(c2ccc(C(F)(F)F)cn2)CC1. The lowest BCUT2D eigenvalue weighted by molar-refractivity contribution is -0.137. The maximum absolute atomic E-state index is 12.6. The molecule has 0 spiro atoms. The zero-order valence-corrected chi connectivity index (χ0v) is 15.6. The van der Waals surface area contributed by atoms with Crippen LogP contribution in [0.5, 0.6) is 5.75 Å². The minimum Gasteiger partial charge on any atom is -0.496 e. The second-order valence-corrected chi connectivity index (χ2v) is 6.58. The number of piperazine rings is 1. The molecule has 1 aromatic carbocycles. The number of carbonyl (C=O) groups excluding carboxylic acids is 1. The topological polar surface area (TPSA) is 45.7 Å². The van der Waals surface area contributed by atoms with Gasteiger partial charge in [0.1, 0.15) is 11.6 Å². The van der Waals surface area contributed by atoms with Crippen LogP contribution in [-0.4, -0.2) is 49.1 Å². The van der Waals surface area contributed by atoms with Crippen LogP contribution < -0.4 is 9.64 Å². The van der Waals surface area contributed by atoms with Crippen LogP contribution in [0, 0.1) is 0 Å². The van der Waals surface area contributed by atoms with Crippen molar-refractivity contribution < 1.29 is 22.7 Å². The van der Waals surface area contributed by atoms with Gasteiger partial charge < -0.3 is 14.5 Å². The number of aryl methyl sites for hydroxylation is 1. The van der Waals surface area contributed by atoms with Crippen LogP contribution in [0.25, 0.3) is 0 Å². The molecule has 28 heavy (non-hydrogen) atoms. The van der Waals surface area contributed by atoms with Gasteiger partial charge in [-0.2, -0.15) is 13.2 Å². The lowest BCUT2D eigenvalue weighted by Gasteiger charge is -2.35. The highest BCUT2D eigenvalue weighted by Gasteiger charge is 2.31. The molecule has 8 heteroatoms. The van der Waals surface area contributed by atoms with Gasteiger partial charge in [-0.05, 0) is 30.2 Å². The van der Waals surface area contributed by atoms with Crippen molar-refractivity contribution in [1.82, 2.24) is 9.88 Å². The summed E-state index contributed by atoms with van der Waals surface area (Å²) in [4.78, 5) is 20.1. The second kappa shape index (κ2) is 8.50. The van der Waals surface area contributed by atoms with Crippen LogP contribution in [0.3, 0.4) is 0 Å². The summed E-state index contributed by atoms with van der Waals surface area (Å²) in [5, 5.41) is 0. The number of rotatable bonds is 5. The van der Waals surface area contributed by atoms with Crippen molar-refractivity contribution >= 4 is 11.7 Å². The largest absolute Gasteiger partial charge is 0.496 e. The highest BCUT2D eigenvalue weighted by Crippen LogP contribution is 2.29. The van der Waals surface area contributed by atoms with E-state index in [2.05, 4.69) is 4.98 Å². The summed E-state index contributed by atoms with van der Waals surface area (Å²) in [6.45, 7) is 2.12. The average molecular weight is 393 g/mol. The van der Waals surface area contributed by atoms with Gasteiger partial charge in [0, 0.05) is 38.8 Å². The molecular formula is C20H22F3N3O2. The number of hydrogen-bond acceptors (Lipinski definition) is 4. The summed E-state index contributed by atoms with van der Waals surface area (Å²) >= 11 is 0. The van der Waals surface area contributed by atoms with E-state index in [1.165, 1.54) is 6.07 Å². The van der Waals surface area contributed by atoms with E-state index < -0.39 is 11.7 Å². The zero-order valence-electron chi connectivity index (χ0n) is 15.6. The van der Waals surface area contributed by atoms with Crippen molar-refractivity contribution in [3.8, 4) is 5.75 Å². The number of nitrogens with zero attached hydrogens (tertiary/aromatic N) is 3. The van der Waals surface area contributed by atoms with Crippen LogP contribution in [0.2, 0.25) is 0 Å². The lowest BCUT2D eigenvalue weighted by Crippen LogP contribution is -2.49. The van der Waals surface area contributed by atoms with Crippen LogP contribution in [0.15, 0.2) is 42.6 Å². The van der Waals surface area contributed by atoms with Gasteiger partial charge in [-0.1, -0.05) is 18.2 Å². The number of methoxy groups -OCH3 is 1. The first-order chi connectivity index (χ1) is 13.4. The smallest absolute Gasteiger partial charge is 0.417 e. The quantitative estimate of drug-likeness (QED) is 0.781. The molecule has 0 N–H and O–H groups in total. The van der Waals surface area contributed by atoms with Crippen molar-refractivity contribution in [2.24, 2.45) is 0 Å². The Morgan fingerprint density at radius 1 is 1.11 bits per heavy atom. The summed E-state index contributed by atoms with van der Waals surface area (Å²) in [7, 11) is 1.61. The van der Waals surface area contributed by atoms with Gasteiger partial charge in [-0.15, -0.1) is 0 Å². The highest BCUT2D eigenvalue weighted by atomic mass is 19.4. The predicted octanol–water partition coefficient (Wildman–Crippen LogP) is 3.39. The van der Waals surface area contributed by atoms with Crippen molar-refractivity contribution in [3.63, 3.8) is 0 Å². The number of benzene rings is 1. The van der Waals surface area contributed by atoms with Gasteiger partial charge in [-0.3, -0.25) is 4.79 Å². The van der Waals surface area contributed by atoms with Crippen LogP contribution in [0.4, 0.5) is 19.0 Å². The molecule has 1 fully saturated rings. The Hall–Kier alpha value is -2.77. The standard InChI is InChI=1S/C20H22F3N3O2/c1-28-17-5-3-2-4-15(17)6-9-19(27)26-12-10-25(11-13-26)18-8-7-16(14-24-18)20(21,22)23/h2-5,7-8,14H,6,9-13H2,1H3. The number of para-hydroxylation sites is 1. The Morgan fingerprint density at radius 2 is 1.82 bits per heavy atom. The van der Waals surface area contributed by atoms with Crippen LogP contribution in [-0.2, 0) is 17.4 Å². The molecule has 150 valence electrons. The first-order valence-electron chi connectivity index (χ1n) is 9.06. The lowest BCUT2D eigenvalue weighted by atomic mass is 10.1. The zero-order chi connectivity index (χ0) is 20.1. The van der Waals surface area contributed by atoms with Crippen molar-refractivity contribution in [3.05, 3.63) is 53.7 Å². The number of ether oxygens (including phenoxy) is 1. The Balaban J connectivity index is 1.51. The molecule has 0 radical (unpaired) electrons. The maximum atomic E-state index is 12.6. The molecule has 0 unspecified atom stereocenters. The van der Waals surface area contributed by atoms with Gasteiger partial charge in [0.15, 0.2) is 0 Å². The summed E-state index contributed by atoms with van der Waals surface area (Å²) < 4.78 is 43.2. The van der Waals surface area contributed by atoms with E-state index in [4.69, 9.17) is 4.74 Å². The molecule has 2 aromatic rings. The third-order valence-electron chi connectivity index (χ3n) is 4.83. The van der Waals surface area contributed by atoms with Gasteiger partial charge in [0.2, 0.25) is 5.91 Å². The Labute approximate surface area is 161 Å². The summed E-state index contributed by atoms with van der Waals surface area (Å²) in [5.41, 5.74) is 0.229. The molecule has 1 saturated heterocycles. The second-order valence-electron chi connectivity index (χ2n) is 6.58. The number of aromatic nitrogens is 1. The van der Waals surface area contributed by atoms with E-state index in [1.54, 1.807) is 12.0 Å². The van der Waals surface area contributed by atoms with Crippen molar-refractivity contribution in [2.45, 2.75) is 19.0 Å². The molecule has 2 heterocycles. The molecule has 1 aromatic heterocycles. The van der Waals surface area contributed by atoms with Crippen molar-refractivity contribution in [2.75, 3.05) is 38.2 Å². The molecule has 1 aliphatic heterocycles. The third kappa shape index (κ3) is 4.74. The van der Waals surface area contributed by atoms with Crippen molar-refractivity contribution in [1.29, 1.82) is 0 Å². The number of hydrogen-bond donors (Lipinski definition) is 0. The van der Waals surface area contributed by atoms with Crippen LogP contribution >= 0.6 is 0 Å². The number of halogens is 3. The number of alkyl halides is 3. The fourth-order valence-corrected chi connectivity index (χ4v) is 3.23. The minimum atomic E-state index is -4.39. The van der Waals surface area contributed by atoms with E-state index in [-0.39, 0.29) is 5.91 Å². The molecule has 0 aliphatic carbocycles. The number of anilines is 1. The maximum Gasteiger partial charge on any atom is 0.417 e. The molecule has 0 bridgehead atoms. The summed E-state index contributed by atoms with van der Waals surface area (Å²) in [5.74, 6) is 1.33. The van der Waals surface area contributed by atoms with Gasteiger partial charge in [0.05, 0.1) is 12.7 Å². The highest BCUT2D eigenvalue weighted by molar-refractivity contribution is 5.77. The van der Waals surface area contributed by atoms with Gasteiger partial charge in [0.25, 0.3) is 0 Å². The van der Waals surface area contributed by atoms with E-state index in [1.807, 2.05) is 29.2 Å². The predicted molar refractivity (Wildman–Crippen MR) is 99.3 cm³/mol. The van der Waals surface area contributed by atoms with E-state index >= 15 is 0 Å². The molecular weight excluding hydrogens is 371 g/mol. The average Bonchev–Trinajstić information content (AvgIpc) is 2.72. The molecule has 1 amide bonds. The summed E-state index contributed by atoms with van der Waals surface area (Å²) in [6, 6.07) is 10.0. The number of pyridine rings is 1. The van der Waals surface area contributed by atoms with Gasteiger partial charge >= 0.3 is 6.18 Å². The minimum absolute atomic E-state index is 0.0611. The molecule has 0 atom stereocenters. The molecule has 3 rings (SSSR count). The molecule has 0 saturated carbocycles. The number of carbonyl (C=O) groups is 1.